The Morgan fingerprint density at radius 1 is 1.48 bits per heavy atom. The van der Waals surface area contributed by atoms with Crippen molar-refractivity contribution < 1.29 is 14.0 Å². The van der Waals surface area contributed by atoms with Crippen molar-refractivity contribution in [2.75, 3.05) is 0 Å². The van der Waals surface area contributed by atoms with Crippen molar-refractivity contribution in [3.63, 3.8) is 0 Å². The van der Waals surface area contributed by atoms with Gasteiger partial charge < -0.3 is 15.1 Å². The average molecular weight is 332 g/mol. The van der Waals surface area contributed by atoms with Gasteiger partial charge in [0, 0.05) is 17.8 Å². The molecule has 2 N–H and O–H groups in total. The summed E-state index contributed by atoms with van der Waals surface area (Å²) in [7, 11) is 0. The van der Waals surface area contributed by atoms with E-state index in [-0.39, 0.29) is 18.2 Å². The highest BCUT2D eigenvalue weighted by Gasteiger charge is 2.16. The molecule has 7 nitrogen and oxygen atoms in total. The van der Waals surface area contributed by atoms with E-state index in [1.165, 1.54) is 11.3 Å². The van der Waals surface area contributed by atoms with Gasteiger partial charge in [-0.25, -0.2) is 4.98 Å². The lowest BCUT2D eigenvalue weighted by Crippen LogP contribution is -2.45. The summed E-state index contributed by atoms with van der Waals surface area (Å²) in [5.74, 6) is 0.159. The molecule has 0 aliphatic rings. The van der Waals surface area contributed by atoms with Crippen LogP contribution in [0.5, 0.6) is 0 Å². The van der Waals surface area contributed by atoms with E-state index < -0.39 is 6.04 Å². The summed E-state index contributed by atoms with van der Waals surface area (Å²) in [4.78, 5) is 29.1. The summed E-state index contributed by atoms with van der Waals surface area (Å²) in [5, 5.41) is 7.30. The minimum absolute atomic E-state index is 0.143. The third-order valence-corrected chi connectivity index (χ3v) is 4.04. The molecule has 120 valence electrons. The zero-order chi connectivity index (χ0) is 16.2. The number of fused-ring (bicyclic) bond motifs is 1. The minimum Gasteiger partial charge on any atom is -0.467 e. The summed E-state index contributed by atoms with van der Waals surface area (Å²) in [6, 6.07) is 2.90. The van der Waals surface area contributed by atoms with Gasteiger partial charge in [0.05, 0.1) is 24.9 Å². The first-order valence-corrected chi connectivity index (χ1v) is 8.00. The van der Waals surface area contributed by atoms with Crippen molar-refractivity contribution >= 4 is 28.1 Å². The maximum Gasteiger partial charge on any atom is 0.242 e. The highest BCUT2D eigenvalue weighted by molar-refractivity contribution is 7.15. The van der Waals surface area contributed by atoms with Gasteiger partial charge in [0.25, 0.3) is 0 Å². The van der Waals surface area contributed by atoms with Crippen LogP contribution >= 0.6 is 11.3 Å². The molecule has 0 saturated carbocycles. The van der Waals surface area contributed by atoms with Crippen molar-refractivity contribution in [3.05, 3.63) is 47.6 Å². The molecule has 3 aromatic rings. The molecule has 23 heavy (non-hydrogen) atoms. The number of hydrogen-bond donors (Lipinski definition) is 2. The lowest BCUT2D eigenvalue weighted by molar-refractivity contribution is -0.128. The van der Waals surface area contributed by atoms with Crippen molar-refractivity contribution in [3.8, 4) is 0 Å². The standard InChI is InChI=1S/C15H16N4O3S/c1-10(14(21)16-8-12-3-2-5-22-12)17-13(20)7-11-9-19-4-6-23-15(19)18-11/h2-6,9-10H,7-8H2,1H3,(H,16,21)(H,17,20). The first-order valence-electron chi connectivity index (χ1n) is 7.12. The Morgan fingerprint density at radius 3 is 3.09 bits per heavy atom. The van der Waals surface area contributed by atoms with Gasteiger partial charge in [-0.1, -0.05) is 0 Å². The Labute approximate surface area is 136 Å². The number of amides is 2. The molecule has 0 aliphatic carbocycles. The third kappa shape index (κ3) is 3.78. The van der Waals surface area contributed by atoms with E-state index in [1.54, 1.807) is 25.3 Å². The number of thiazole rings is 1. The molecule has 0 aliphatic heterocycles. The van der Waals surface area contributed by atoms with Gasteiger partial charge >= 0.3 is 0 Å². The molecule has 0 bridgehead atoms. The predicted molar refractivity (Wildman–Crippen MR) is 84.9 cm³/mol. The van der Waals surface area contributed by atoms with E-state index in [9.17, 15) is 9.59 Å². The molecule has 0 aromatic carbocycles. The lowest BCUT2D eigenvalue weighted by Gasteiger charge is -2.13. The summed E-state index contributed by atoms with van der Waals surface area (Å²) >= 11 is 1.51. The number of furan rings is 1. The number of rotatable bonds is 6. The van der Waals surface area contributed by atoms with Crippen LogP contribution in [0.3, 0.4) is 0 Å². The molecule has 0 radical (unpaired) electrons. The molecule has 3 rings (SSSR count). The molecule has 1 atom stereocenters. The number of nitrogens with zero attached hydrogens (tertiary/aromatic N) is 2. The van der Waals surface area contributed by atoms with Gasteiger partial charge in [-0.05, 0) is 19.1 Å². The second kappa shape index (κ2) is 6.66. The van der Waals surface area contributed by atoms with Gasteiger partial charge in [-0.15, -0.1) is 11.3 Å². The number of nitrogens with one attached hydrogen (secondary N) is 2. The van der Waals surface area contributed by atoms with E-state index in [4.69, 9.17) is 4.42 Å². The second-order valence-electron chi connectivity index (χ2n) is 5.09. The molecular weight excluding hydrogens is 316 g/mol. The van der Waals surface area contributed by atoms with Crippen LogP contribution in [0.15, 0.2) is 40.6 Å². The quantitative estimate of drug-likeness (QED) is 0.713. The number of carbonyl (C=O) groups is 2. The Morgan fingerprint density at radius 2 is 2.35 bits per heavy atom. The van der Waals surface area contributed by atoms with Gasteiger partial charge in [0.15, 0.2) is 4.96 Å². The maximum absolute atomic E-state index is 12.0. The number of hydrogen-bond acceptors (Lipinski definition) is 5. The highest BCUT2D eigenvalue weighted by Crippen LogP contribution is 2.11. The Kier molecular flexibility index (Phi) is 4.42. The van der Waals surface area contributed by atoms with Crippen molar-refractivity contribution in [2.24, 2.45) is 0 Å². The molecule has 0 spiro atoms. The molecule has 0 saturated heterocycles. The molecule has 3 aromatic heterocycles. The fourth-order valence-electron chi connectivity index (χ4n) is 2.12. The van der Waals surface area contributed by atoms with Crippen molar-refractivity contribution in [2.45, 2.75) is 25.9 Å². The van der Waals surface area contributed by atoms with Crippen LogP contribution < -0.4 is 10.6 Å². The van der Waals surface area contributed by atoms with E-state index in [2.05, 4.69) is 15.6 Å². The van der Waals surface area contributed by atoms with E-state index in [0.717, 1.165) is 4.96 Å². The lowest BCUT2D eigenvalue weighted by atomic mass is 10.2. The maximum atomic E-state index is 12.0. The van der Waals surface area contributed by atoms with Gasteiger partial charge in [0.1, 0.15) is 11.8 Å². The van der Waals surface area contributed by atoms with Crippen LogP contribution in [0.2, 0.25) is 0 Å². The fraction of sp³-hybridized carbons (Fsp3) is 0.267. The van der Waals surface area contributed by atoms with E-state index in [0.29, 0.717) is 18.0 Å². The summed E-state index contributed by atoms with van der Waals surface area (Å²) in [6.45, 7) is 1.94. The second-order valence-corrected chi connectivity index (χ2v) is 5.96. The van der Waals surface area contributed by atoms with Crippen LogP contribution in [0, 0.1) is 0 Å². The monoisotopic (exact) mass is 332 g/mol. The molecule has 0 fully saturated rings. The van der Waals surface area contributed by atoms with Gasteiger partial charge in [0.2, 0.25) is 11.8 Å². The largest absolute Gasteiger partial charge is 0.467 e. The molecule has 3 heterocycles. The van der Waals surface area contributed by atoms with Crippen molar-refractivity contribution in [1.29, 1.82) is 0 Å². The van der Waals surface area contributed by atoms with Crippen LogP contribution in [-0.2, 0) is 22.6 Å². The van der Waals surface area contributed by atoms with Crippen molar-refractivity contribution in [1.82, 2.24) is 20.0 Å². The van der Waals surface area contributed by atoms with Gasteiger partial charge in [-0.2, -0.15) is 0 Å². The number of carbonyl (C=O) groups excluding carboxylic acids is 2. The Hall–Kier alpha value is -2.61. The van der Waals surface area contributed by atoms with Crippen LogP contribution in [0.4, 0.5) is 0 Å². The molecule has 1 unspecified atom stereocenters. The smallest absolute Gasteiger partial charge is 0.242 e. The fourth-order valence-corrected chi connectivity index (χ4v) is 2.84. The van der Waals surface area contributed by atoms with Crippen LogP contribution in [0.1, 0.15) is 18.4 Å². The van der Waals surface area contributed by atoms with Crippen LogP contribution in [-0.4, -0.2) is 27.2 Å². The topological polar surface area (TPSA) is 88.6 Å². The van der Waals surface area contributed by atoms with E-state index >= 15 is 0 Å². The number of aromatic nitrogens is 2. The minimum atomic E-state index is -0.624. The summed E-state index contributed by atoms with van der Waals surface area (Å²) in [5.41, 5.74) is 0.678. The van der Waals surface area contributed by atoms with E-state index in [1.807, 2.05) is 22.2 Å². The Bertz CT molecular complexity index is 777. The highest BCUT2D eigenvalue weighted by atomic mass is 32.1. The third-order valence-electron chi connectivity index (χ3n) is 3.27. The molecule has 8 heteroatoms. The summed E-state index contributed by atoms with van der Waals surface area (Å²) < 4.78 is 7.00. The first-order chi connectivity index (χ1) is 11.1. The number of imidazole rings is 1. The van der Waals surface area contributed by atoms with Crippen LogP contribution in [0.25, 0.3) is 4.96 Å². The normalized spacial score (nSPS) is 12.2. The zero-order valence-corrected chi connectivity index (χ0v) is 13.3. The molecule has 2 amide bonds. The molecular formula is C15H16N4O3S. The zero-order valence-electron chi connectivity index (χ0n) is 12.5. The van der Waals surface area contributed by atoms with Gasteiger partial charge in [-0.3, -0.25) is 14.0 Å². The SMILES string of the molecule is CC(NC(=O)Cc1cn2ccsc2n1)C(=O)NCc1ccco1. The predicted octanol–water partition coefficient (Wildman–Crippen LogP) is 1.35. The Balaban J connectivity index is 1.48. The average Bonchev–Trinajstić information content (AvgIpc) is 3.20. The first kappa shape index (κ1) is 15.3. The summed E-state index contributed by atoms with van der Waals surface area (Å²) in [6.07, 6.45) is 5.39.